The van der Waals surface area contributed by atoms with Crippen LogP contribution >= 0.6 is 11.6 Å². The van der Waals surface area contributed by atoms with E-state index in [0.29, 0.717) is 11.9 Å². The molecule has 0 spiro atoms. The molecule has 0 aliphatic carbocycles. The Labute approximate surface area is 130 Å². The van der Waals surface area contributed by atoms with Crippen LogP contribution in [0.5, 0.6) is 0 Å². The summed E-state index contributed by atoms with van der Waals surface area (Å²) >= 11 is 5.98. The number of aromatic nitrogens is 3. The number of rotatable bonds is 5. The summed E-state index contributed by atoms with van der Waals surface area (Å²) in [6.07, 6.45) is 4.86. The molecule has 0 N–H and O–H groups in total. The van der Waals surface area contributed by atoms with E-state index in [0.717, 1.165) is 36.1 Å². The molecular weight excluding hydrogens is 282 g/mol. The molecule has 2 heterocycles. The van der Waals surface area contributed by atoms with Crippen molar-refractivity contribution in [1.82, 2.24) is 14.5 Å². The van der Waals surface area contributed by atoms with Crippen molar-refractivity contribution in [1.29, 1.82) is 0 Å². The van der Waals surface area contributed by atoms with Crippen molar-refractivity contribution in [2.24, 2.45) is 0 Å². The normalized spacial score (nSPS) is 11.8. The second-order valence-electron chi connectivity index (χ2n) is 5.32. The average molecular weight is 302 g/mol. The standard InChI is InChI=1S/C17H20ClN3/c1-3-12(4-2)21-16(9-10-18)20-15-11-19-14-8-6-5-7-13(14)17(15)21/h5-8,11-12H,3-4,9-10H2,1-2H3. The van der Waals surface area contributed by atoms with Crippen LogP contribution in [0.1, 0.15) is 38.6 Å². The summed E-state index contributed by atoms with van der Waals surface area (Å²) in [5.41, 5.74) is 3.20. The van der Waals surface area contributed by atoms with E-state index in [1.807, 2.05) is 12.3 Å². The van der Waals surface area contributed by atoms with Gasteiger partial charge >= 0.3 is 0 Å². The van der Waals surface area contributed by atoms with Gasteiger partial charge in [0, 0.05) is 23.7 Å². The summed E-state index contributed by atoms with van der Waals surface area (Å²) in [6.45, 7) is 4.46. The molecule has 0 saturated carbocycles. The number of hydrogen-bond acceptors (Lipinski definition) is 2. The van der Waals surface area contributed by atoms with Crippen molar-refractivity contribution in [3.63, 3.8) is 0 Å². The molecule has 0 saturated heterocycles. The predicted molar refractivity (Wildman–Crippen MR) is 89.1 cm³/mol. The SMILES string of the molecule is CCC(CC)n1c(CCCl)nc2cnc3ccccc3c21. The molecule has 0 amide bonds. The minimum Gasteiger partial charge on any atom is -0.324 e. The molecule has 1 aromatic carbocycles. The fraction of sp³-hybridized carbons (Fsp3) is 0.412. The first-order valence-corrected chi connectivity index (χ1v) is 8.14. The third kappa shape index (κ3) is 2.40. The molecule has 0 radical (unpaired) electrons. The first-order valence-electron chi connectivity index (χ1n) is 7.60. The van der Waals surface area contributed by atoms with Crippen LogP contribution in [0.3, 0.4) is 0 Å². The summed E-state index contributed by atoms with van der Waals surface area (Å²) in [4.78, 5) is 9.31. The second kappa shape index (κ2) is 6.02. The lowest BCUT2D eigenvalue weighted by atomic mass is 10.1. The zero-order valence-electron chi connectivity index (χ0n) is 12.5. The van der Waals surface area contributed by atoms with Crippen molar-refractivity contribution < 1.29 is 0 Å². The van der Waals surface area contributed by atoms with E-state index in [4.69, 9.17) is 16.6 Å². The molecule has 0 atom stereocenters. The largest absolute Gasteiger partial charge is 0.324 e. The molecule has 0 aliphatic rings. The number of fused-ring (bicyclic) bond motifs is 3. The molecule has 3 nitrogen and oxygen atoms in total. The van der Waals surface area contributed by atoms with E-state index in [1.165, 1.54) is 10.9 Å². The van der Waals surface area contributed by atoms with Crippen LogP contribution < -0.4 is 0 Å². The van der Waals surface area contributed by atoms with Gasteiger partial charge in [0.15, 0.2) is 0 Å². The lowest BCUT2D eigenvalue weighted by Gasteiger charge is -2.19. The molecule has 0 fully saturated rings. The van der Waals surface area contributed by atoms with Gasteiger partial charge in [-0.3, -0.25) is 4.98 Å². The Kier molecular flexibility index (Phi) is 4.11. The lowest BCUT2D eigenvalue weighted by Crippen LogP contribution is -2.11. The van der Waals surface area contributed by atoms with E-state index in [-0.39, 0.29) is 0 Å². The van der Waals surface area contributed by atoms with Crippen LogP contribution in [0.15, 0.2) is 30.5 Å². The molecule has 0 aliphatic heterocycles. The quantitative estimate of drug-likeness (QED) is 0.638. The second-order valence-corrected chi connectivity index (χ2v) is 5.69. The lowest BCUT2D eigenvalue weighted by molar-refractivity contribution is 0.469. The Morgan fingerprint density at radius 2 is 1.90 bits per heavy atom. The number of para-hydroxylation sites is 1. The summed E-state index contributed by atoms with van der Waals surface area (Å²) in [7, 11) is 0. The Balaban J connectivity index is 2.38. The maximum atomic E-state index is 5.98. The Morgan fingerprint density at radius 3 is 2.62 bits per heavy atom. The van der Waals surface area contributed by atoms with E-state index in [1.54, 1.807) is 0 Å². The molecule has 4 heteroatoms. The molecule has 3 aromatic rings. The van der Waals surface area contributed by atoms with Crippen molar-refractivity contribution in [2.75, 3.05) is 5.88 Å². The highest BCUT2D eigenvalue weighted by Crippen LogP contribution is 2.30. The van der Waals surface area contributed by atoms with Crippen LogP contribution in [0.4, 0.5) is 0 Å². The third-order valence-electron chi connectivity index (χ3n) is 4.12. The number of aryl methyl sites for hydroxylation is 1. The van der Waals surface area contributed by atoms with Gasteiger partial charge in [-0.25, -0.2) is 4.98 Å². The molecule has 0 bridgehead atoms. The van der Waals surface area contributed by atoms with Crippen LogP contribution in [0, 0.1) is 0 Å². The van der Waals surface area contributed by atoms with E-state index in [9.17, 15) is 0 Å². The minimum atomic E-state index is 0.457. The number of benzene rings is 1. The summed E-state index contributed by atoms with van der Waals surface area (Å²) in [5.74, 6) is 1.67. The number of nitrogens with zero attached hydrogens (tertiary/aromatic N) is 3. The van der Waals surface area contributed by atoms with Gasteiger partial charge in [-0.15, -0.1) is 11.6 Å². The van der Waals surface area contributed by atoms with Crippen molar-refractivity contribution >= 4 is 33.5 Å². The van der Waals surface area contributed by atoms with Crippen LogP contribution in [-0.2, 0) is 6.42 Å². The average Bonchev–Trinajstić information content (AvgIpc) is 2.88. The summed E-state index contributed by atoms with van der Waals surface area (Å²) in [5, 5.41) is 1.18. The Bertz CT molecular complexity index is 759. The van der Waals surface area contributed by atoms with Crippen molar-refractivity contribution in [3.8, 4) is 0 Å². The highest BCUT2D eigenvalue weighted by Gasteiger charge is 2.18. The van der Waals surface area contributed by atoms with Crippen molar-refractivity contribution in [3.05, 3.63) is 36.3 Å². The van der Waals surface area contributed by atoms with Crippen molar-refractivity contribution in [2.45, 2.75) is 39.2 Å². The fourth-order valence-corrected chi connectivity index (χ4v) is 3.25. The highest BCUT2D eigenvalue weighted by molar-refractivity contribution is 6.18. The zero-order valence-corrected chi connectivity index (χ0v) is 13.3. The smallest absolute Gasteiger partial charge is 0.111 e. The van der Waals surface area contributed by atoms with Gasteiger partial charge in [0.25, 0.3) is 0 Å². The van der Waals surface area contributed by atoms with Gasteiger partial charge in [0.2, 0.25) is 0 Å². The van der Waals surface area contributed by atoms with E-state index < -0.39 is 0 Å². The van der Waals surface area contributed by atoms with Crippen LogP contribution in [0.25, 0.3) is 21.9 Å². The maximum absolute atomic E-state index is 5.98. The summed E-state index contributed by atoms with van der Waals surface area (Å²) in [6, 6.07) is 8.74. The van der Waals surface area contributed by atoms with Gasteiger partial charge in [-0.2, -0.15) is 0 Å². The number of halogens is 1. The first-order chi connectivity index (χ1) is 10.3. The first kappa shape index (κ1) is 14.3. The summed E-state index contributed by atoms with van der Waals surface area (Å²) < 4.78 is 2.39. The van der Waals surface area contributed by atoms with E-state index >= 15 is 0 Å². The monoisotopic (exact) mass is 301 g/mol. The van der Waals surface area contributed by atoms with Gasteiger partial charge in [-0.1, -0.05) is 32.0 Å². The Hall–Kier alpha value is -1.61. The molecular formula is C17H20ClN3. The fourth-order valence-electron chi connectivity index (χ4n) is 3.08. The minimum absolute atomic E-state index is 0.457. The maximum Gasteiger partial charge on any atom is 0.111 e. The molecule has 3 rings (SSSR count). The van der Waals surface area contributed by atoms with Gasteiger partial charge in [0.1, 0.15) is 11.3 Å². The molecule has 21 heavy (non-hydrogen) atoms. The number of pyridine rings is 1. The zero-order chi connectivity index (χ0) is 14.8. The predicted octanol–water partition coefficient (Wildman–Crippen LogP) is 4.73. The van der Waals surface area contributed by atoms with Crippen LogP contribution in [0.2, 0.25) is 0 Å². The van der Waals surface area contributed by atoms with Gasteiger partial charge < -0.3 is 4.57 Å². The topological polar surface area (TPSA) is 30.7 Å². The highest BCUT2D eigenvalue weighted by atomic mass is 35.5. The van der Waals surface area contributed by atoms with Gasteiger partial charge in [0.05, 0.1) is 17.2 Å². The molecule has 110 valence electrons. The third-order valence-corrected chi connectivity index (χ3v) is 4.31. The Morgan fingerprint density at radius 1 is 1.14 bits per heavy atom. The van der Waals surface area contributed by atoms with Crippen LogP contribution in [-0.4, -0.2) is 20.4 Å². The van der Waals surface area contributed by atoms with Gasteiger partial charge in [-0.05, 0) is 18.9 Å². The van der Waals surface area contributed by atoms with E-state index in [2.05, 4.69) is 41.6 Å². The molecule has 2 aromatic heterocycles. The number of imidazole rings is 1. The number of hydrogen-bond donors (Lipinski definition) is 0. The molecule has 0 unspecified atom stereocenters. The number of alkyl halides is 1.